The van der Waals surface area contributed by atoms with Gasteiger partial charge in [0.2, 0.25) is 0 Å². The topological polar surface area (TPSA) is 61.8 Å². The molecule has 1 fully saturated rings. The standard InChI is InChI=1S/C17H25F2N3O2S/c1-4-20-16(22-10-11-25(23,24)17(2,3)12-22)21-9-8-13-14(18)6-5-7-15(13)19/h5-7H,4,8-12H2,1-3H3,(H,20,21). The zero-order chi connectivity index (χ0) is 18.7. The lowest BCUT2D eigenvalue weighted by Gasteiger charge is -2.39. The summed E-state index contributed by atoms with van der Waals surface area (Å²) in [5, 5.41) is 3.13. The second kappa shape index (κ2) is 7.68. The average molecular weight is 373 g/mol. The monoisotopic (exact) mass is 373 g/mol. The highest BCUT2D eigenvalue weighted by atomic mass is 32.2. The zero-order valence-corrected chi connectivity index (χ0v) is 15.7. The fourth-order valence-electron chi connectivity index (χ4n) is 2.80. The molecule has 5 nitrogen and oxygen atoms in total. The Labute approximate surface area is 148 Å². The molecular weight excluding hydrogens is 348 g/mol. The highest BCUT2D eigenvalue weighted by molar-refractivity contribution is 7.92. The molecule has 8 heteroatoms. The Morgan fingerprint density at radius 1 is 1.32 bits per heavy atom. The van der Waals surface area contributed by atoms with Gasteiger partial charge in [-0.05, 0) is 39.3 Å². The van der Waals surface area contributed by atoms with Crippen molar-refractivity contribution in [3.8, 4) is 0 Å². The molecule has 0 saturated carbocycles. The van der Waals surface area contributed by atoms with Crippen molar-refractivity contribution in [1.82, 2.24) is 10.2 Å². The zero-order valence-electron chi connectivity index (χ0n) is 14.8. The smallest absolute Gasteiger partial charge is 0.194 e. The molecule has 25 heavy (non-hydrogen) atoms. The maximum absolute atomic E-state index is 13.7. The minimum Gasteiger partial charge on any atom is -0.357 e. The van der Waals surface area contributed by atoms with Gasteiger partial charge in [0.05, 0.1) is 10.5 Å². The highest BCUT2D eigenvalue weighted by Gasteiger charge is 2.40. The lowest BCUT2D eigenvalue weighted by molar-refractivity contribution is 0.353. The van der Waals surface area contributed by atoms with E-state index in [-0.39, 0.29) is 24.3 Å². The van der Waals surface area contributed by atoms with Gasteiger partial charge in [-0.1, -0.05) is 6.07 Å². The molecule has 1 aliphatic heterocycles. The second-order valence-electron chi connectivity index (χ2n) is 6.69. The van der Waals surface area contributed by atoms with Crippen LogP contribution in [0.1, 0.15) is 26.3 Å². The van der Waals surface area contributed by atoms with Crippen LogP contribution in [0.5, 0.6) is 0 Å². The molecular formula is C17H25F2N3O2S. The van der Waals surface area contributed by atoms with E-state index in [9.17, 15) is 17.2 Å². The first-order chi connectivity index (χ1) is 11.7. The van der Waals surface area contributed by atoms with Gasteiger partial charge in [0.15, 0.2) is 15.8 Å². The predicted octanol–water partition coefficient (Wildman–Crippen LogP) is 1.98. The molecule has 2 rings (SSSR count). The van der Waals surface area contributed by atoms with Gasteiger partial charge in [-0.15, -0.1) is 0 Å². The van der Waals surface area contributed by atoms with Gasteiger partial charge in [0.1, 0.15) is 11.6 Å². The van der Waals surface area contributed by atoms with Crippen molar-refractivity contribution in [1.29, 1.82) is 0 Å². The Morgan fingerprint density at radius 3 is 2.52 bits per heavy atom. The van der Waals surface area contributed by atoms with Crippen LogP contribution in [-0.4, -0.2) is 56.0 Å². The van der Waals surface area contributed by atoms with Gasteiger partial charge >= 0.3 is 0 Å². The van der Waals surface area contributed by atoms with Crippen molar-refractivity contribution in [3.63, 3.8) is 0 Å². The summed E-state index contributed by atoms with van der Waals surface area (Å²) < 4.78 is 50.8. The number of guanidine groups is 1. The van der Waals surface area contributed by atoms with Crippen molar-refractivity contribution in [3.05, 3.63) is 35.4 Å². The van der Waals surface area contributed by atoms with E-state index < -0.39 is 26.2 Å². The van der Waals surface area contributed by atoms with E-state index in [0.717, 1.165) is 0 Å². The molecule has 1 N–H and O–H groups in total. The first-order valence-electron chi connectivity index (χ1n) is 8.36. The van der Waals surface area contributed by atoms with E-state index in [1.807, 2.05) is 11.8 Å². The van der Waals surface area contributed by atoms with Gasteiger partial charge in [0, 0.05) is 31.7 Å². The van der Waals surface area contributed by atoms with Crippen molar-refractivity contribution in [2.24, 2.45) is 4.99 Å². The lowest BCUT2D eigenvalue weighted by Crippen LogP contribution is -2.57. The minimum absolute atomic E-state index is 0.0173. The summed E-state index contributed by atoms with van der Waals surface area (Å²) in [6, 6.07) is 3.79. The molecule has 0 radical (unpaired) electrons. The molecule has 1 aliphatic rings. The maximum atomic E-state index is 13.7. The van der Waals surface area contributed by atoms with Gasteiger partial charge in [-0.3, -0.25) is 4.99 Å². The van der Waals surface area contributed by atoms with E-state index in [4.69, 9.17) is 0 Å². The van der Waals surface area contributed by atoms with Crippen LogP contribution in [0, 0.1) is 11.6 Å². The fraction of sp³-hybridized carbons (Fsp3) is 0.588. The summed E-state index contributed by atoms with van der Waals surface area (Å²) in [6.45, 7) is 6.83. The van der Waals surface area contributed by atoms with Gasteiger partial charge < -0.3 is 10.2 Å². The van der Waals surface area contributed by atoms with Crippen LogP contribution >= 0.6 is 0 Å². The number of benzene rings is 1. The number of nitrogens with one attached hydrogen (secondary N) is 1. The molecule has 0 spiro atoms. The molecule has 0 unspecified atom stereocenters. The molecule has 140 valence electrons. The summed E-state index contributed by atoms with van der Waals surface area (Å²) in [4.78, 5) is 6.32. The number of rotatable bonds is 4. The predicted molar refractivity (Wildman–Crippen MR) is 95.5 cm³/mol. The third-order valence-corrected chi connectivity index (χ3v) is 6.90. The molecule has 0 bridgehead atoms. The summed E-state index contributed by atoms with van der Waals surface area (Å²) in [5.41, 5.74) is 0.0173. The van der Waals surface area contributed by atoms with Crippen molar-refractivity contribution >= 4 is 15.8 Å². The Hall–Kier alpha value is -1.70. The first kappa shape index (κ1) is 19.6. The molecule has 0 atom stereocenters. The highest BCUT2D eigenvalue weighted by Crippen LogP contribution is 2.23. The molecule has 0 aromatic heterocycles. The number of nitrogens with zero attached hydrogens (tertiary/aromatic N) is 2. The fourth-order valence-corrected chi connectivity index (χ4v) is 4.16. The SMILES string of the molecule is CCNC(=NCCc1c(F)cccc1F)N1CCS(=O)(=O)C(C)(C)C1. The molecule has 1 aromatic carbocycles. The average Bonchev–Trinajstić information content (AvgIpc) is 2.52. The maximum Gasteiger partial charge on any atom is 0.194 e. The Balaban J connectivity index is 2.11. The number of hydrogen-bond donors (Lipinski definition) is 1. The van der Waals surface area contributed by atoms with Gasteiger partial charge in [-0.25, -0.2) is 17.2 Å². The van der Waals surface area contributed by atoms with Crippen LogP contribution in [0.2, 0.25) is 0 Å². The van der Waals surface area contributed by atoms with Gasteiger partial charge in [-0.2, -0.15) is 0 Å². The molecule has 0 aliphatic carbocycles. The van der Waals surface area contributed by atoms with E-state index in [2.05, 4.69) is 10.3 Å². The Bertz CT molecular complexity index is 728. The lowest BCUT2D eigenvalue weighted by atomic mass is 10.1. The largest absolute Gasteiger partial charge is 0.357 e. The van der Waals surface area contributed by atoms with Gasteiger partial charge in [0.25, 0.3) is 0 Å². The summed E-state index contributed by atoms with van der Waals surface area (Å²) >= 11 is 0. The van der Waals surface area contributed by atoms with E-state index in [0.29, 0.717) is 25.6 Å². The Kier molecular flexibility index (Phi) is 6.03. The van der Waals surface area contributed by atoms with E-state index in [1.54, 1.807) is 13.8 Å². The second-order valence-corrected chi connectivity index (χ2v) is 9.43. The summed E-state index contributed by atoms with van der Waals surface area (Å²) in [5.74, 6) is -0.523. The van der Waals surface area contributed by atoms with Crippen LogP contribution in [0.4, 0.5) is 8.78 Å². The number of sulfone groups is 1. The van der Waals surface area contributed by atoms with Crippen molar-refractivity contribution in [2.45, 2.75) is 31.9 Å². The van der Waals surface area contributed by atoms with Crippen LogP contribution in [-0.2, 0) is 16.3 Å². The number of halogens is 2. The summed E-state index contributed by atoms with van der Waals surface area (Å²) in [7, 11) is -3.14. The van der Waals surface area contributed by atoms with Crippen LogP contribution in [0.3, 0.4) is 0 Å². The third kappa shape index (κ3) is 4.48. The number of hydrogen-bond acceptors (Lipinski definition) is 3. The van der Waals surface area contributed by atoms with E-state index >= 15 is 0 Å². The first-order valence-corrected chi connectivity index (χ1v) is 10.0. The normalized spacial score (nSPS) is 19.7. The Morgan fingerprint density at radius 2 is 1.96 bits per heavy atom. The van der Waals surface area contributed by atoms with Crippen molar-refractivity contribution in [2.75, 3.05) is 31.9 Å². The molecule has 1 heterocycles. The van der Waals surface area contributed by atoms with E-state index in [1.165, 1.54) is 18.2 Å². The van der Waals surface area contributed by atoms with Crippen LogP contribution in [0.15, 0.2) is 23.2 Å². The number of aliphatic imine (C=N–C) groups is 1. The van der Waals surface area contributed by atoms with Crippen molar-refractivity contribution < 1.29 is 17.2 Å². The summed E-state index contributed by atoms with van der Waals surface area (Å²) in [6.07, 6.45) is 0.142. The molecule has 1 saturated heterocycles. The molecule has 0 amide bonds. The minimum atomic E-state index is -3.14. The quantitative estimate of drug-likeness (QED) is 0.648. The third-order valence-electron chi connectivity index (χ3n) is 4.36. The van der Waals surface area contributed by atoms with Crippen LogP contribution < -0.4 is 5.32 Å². The van der Waals surface area contributed by atoms with Crippen LogP contribution in [0.25, 0.3) is 0 Å². The molecule has 1 aromatic rings.